The highest BCUT2D eigenvalue weighted by molar-refractivity contribution is 5.77. The maximum absolute atomic E-state index is 13.3. The van der Waals surface area contributed by atoms with Crippen molar-refractivity contribution in [2.24, 2.45) is 0 Å². The van der Waals surface area contributed by atoms with E-state index in [9.17, 15) is 9.18 Å². The van der Waals surface area contributed by atoms with Crippen LogP contribution in [0.15, 0.2) is 18.2 Å². The number of carbonyl (C=O) groups is 1. The van der Waals surface area contributed by atoms with E-state index in [4.69, 9.17) is 10.00 Å². The number of halogens is 1. The zero-order valence-electron chi connectivity index (χ0n) is 10.6. The lowest BCUT2D eigenvalue weighted by Crippen LogP contribution is -2.36. The van der Waals surface area contributed by atoms with Gasteiger partial charge in [-0.3, -0.25) is 4.79 Å². The lowest BCUT2D eigenvalue weighted by molar-refractivity contribution is -0.133. The summed E-state index contributed by atoms with van der Waals surface area (Å²) in [7, 11) is 1.68. The van der Waals surface area contributed by atoms with E-state index in [2.05, 4.69) is 0 Å². The third-order valence-electron chi connectivity index (χ3n) is 2.59. The minimum atomic E-state index is -0.653. The van der Waals surface area contributed by atoms with Crippen LogP contribution in [0.3, 0.4) is 0 Å². The van der Waals surface area contributed by atoms with Crippen LogP contribution in [-0.2, 0) is 4.79 Å². The highest BCUT2D eigenvalue weighted by Gasteiger charge is 2.12. The molecule has 1 amide bonds. The first-order chi connectivity index (χ1) is 8.45. The summed E-state index contributed by atoms with van der Waals surface area (Å²) in [6, 6.07) is 5.68. The Bertz CT molecular complexity index is 480. The van der Waals surface area contributed by atoms with Crippen LogP contribution in [0.5, 0.6) is 5.75 Å². The van der Waals surface area contributed by atoms with Gasteiger partial charge in [0.2, 0.25) is 0 Å². The highest BCUT2D eigenvalue weighted by Crippen LogP contribution is 2.16. The second-order valence-corrected chi connectivity index (χ2v) is 4.14. The van der Waals surface area contributed by atoms with E-state index in [1.54, 1.807) is 18.0 Å². The van der Waals surface area contributed by atoms with Crippen molar-refractivity contribution in [3.63, 3.8) is 0 Å². The Morgan fingerprint density at radius 1 is 1.56 bits per heavy atom. The van der Waals surface area contributed by atoms with Gasteiger partial charge in [0.05, 0.1) is 5.56 Å². The SMILES string of the molecule is CC(C)N(C)C(=O)COc1ccc(C#N)c(F)c1. The molecule has 0 aliphatic carbocycles. The summed E-state index contributed by atoms with van der Waals surface area (Å²) < 4.78 is 18.4. The Morgan fingerprint density at radius 2 is 2.22 bits per heavy atom. The number of carbonyl (C=O) groups excluding carboxylic acids is 1. The van der Waals surface area contributed by atoms with Gasteiger partial charge in [0, 0.05) is 19.2 Å². The van der Waals surface area contributed by atoms with E-state index in [1.807, 2.05) is 13.8 Å². The highest BCUT2D eigenvalue weighted by atomic mass is 19.1. The second-order valence-electron chi connectivity index (χ2n) is 4.14. The number of nitrogens with zero attached hydrogens (tertiary/aromatic N) is 2. The van der Waals surface area contributed by atoms with Crippen molar-refractivity contribution < 1.29 is 13.9 Å². The summed E-state index contributed by atoms with van der Waals surface area (Å²) in [4.78, 5) is 13.2. The lowest BCUT2D eigenvalue weighted by atomic mass is 10.2. The minimum Gasteiger partial charge on any atom is -0.484 e. The van der Waals surface area contributed by atoms with Crippen LogP contribution in [-0.4, -0.2) is 30.5 Å². The number of likely N-dealkylation sites (N-methyl/N-ethyl adjacent to an activating group) is 1. The predicted octanol–water partition coefficient (Wildman–Crippen LogP) is 1.94. The van der Waals surface area contributed by atoms with Crippen molar-refractivity contribution in [2.75, 3.05) is 13.7 Å². The first-order valence-electron chi connectivity index (χ1n) is 5.53. The van der Waals surface area contributed by atoms with Gasteiger partial charge in [-0.15, -0.1) is 0 Å². The van der Waals surface area contributed by atoms with E-state index in [1.165, 1.54) is 12.1 Å². The van der Waals surface area contributed by atoms with Crippen molar-refractivity contribution in [3.05, 3.63) is 29.6 Å². The molecule has 0 unspecified atom stereocenters. The number of hydrogen-bond acceptors (Lipinski definition) is 3. The molecule has 1 aromatic rings. The van der Waals surface area contributed by atoms with Crippen LogP contribution in [0.4, 0.5) is 4.39 Å². The zero-order chi connectivity index (χ0) is 13.7. The molecule has 0 aromatic heterocycles. The van der Waals surface area contributed by atoms with Gasteiger partial charge in [0.15, 0.2) is 6.61 Å². The second kappa shape index (κ2) is 6.01. The van der Waals surface area contributed by atoms with E-state index in [0.717, 1.165) is 6.07 Å². The van der Waals surface area contributed by atoms with Gasteiger partial charge in [-0.1, -0.05) is 0 Å². The van der Waals surface area contributed by atoms with Crippen LogP contribution >= 0.6 is 0 Å². The third kappa shape index (κ3) is 3.45. The molecule has 1 rings (SSSR count). The van der Waals surface area contributed by atoms with Gasteiger partial charge in [-0.05, 0) is 26.0 Å². The van der Waals surface area contributed by atoms with Gasteiger partial charge in [-0.2, -0.15) is 5.26 Å². The Labute approximate surface area is 106 Å². The summed E-state index contributed by atoms with van der Waals surface area (Å²) in [6.45, 7) is 3.62. The Kier molecular flexibility index (Phi) is 4.67. The molecule has 0 aliphatic heterocycles. The third-order valence-corrected chi connectivity index (χ3v) is 2.59. The summed E-state index contributed by atoms with van der Waals surface area (Å²) in [5.41, 5.74) is -0.0482. The molecule has 5 heteroatoms. The lowest BCUT2D eigenvalue weighted by Gasteiger charge is -2.21. The molecule has 0 saturated carbocycles. The normalized spacial score (nSPS) is 10.0. The van der Waals surface area contributed by atoms with Crippen molar-refractivity contribution in [3.8, 4) is 11.8 Å². The smallest absolute Gasteiger partial charge is 0.260 e. The average molecular weight is 250 g/mol. The first kappa shape index (κ1) is 14.0. The molecule has 18 heavy (non-hydrogen) atoms. The van der Waals surface area contributed by atoms with E-state index < -0.39 is 5.82 Å². The Hall–Kier alpha value is -2.09. The summed E-state index contributed by atoms with van der Waals surface area (Å²) in [6.07, 6.45) is 0. The standard InChI is InChI=1S/C13H15FN2O2/c1-9(2)16(3)13(17)8-18-11-5-4-10(7-15)12(14)6-11/h4-6,9H,8H2,1-3H3. The number of ether oxygens (including phenoxy) is 1. The quantitative estimate of drug-likeness (QED) is 0.820. The molecule has 1 aromatic carbocycles. The maximum atomic E-state index is 13.3. The summed E-state index contributed by atoms with van der Waals surface area (Å²) in [5.74, 6) is -0.605. The number of nitriles is 1. The fraction of sp³-hybridized carbons (Fsp3) is 0.385. The largest absolute Gasteiger partial charge is 0.484 e. The van der Waals surface area contributed by atoms with Crippen molar-refractivity contribution in [2.45, 2.75) is 19.9 Å². The zero-order valence-corrected chi connectivity index (χ0v) is 10.6. The van der Waals surface area contributed by atoms with Crippen LogP contribution < -0.4 is 4.74 Å². The molecule has 0 aliphatic rings. The Morgan fingerprint density at radius 3 is 2.72 bits per heavy atom. The van der Waals surface area contributed by atoms with Crippen LogP contribution in [0.2, 0.25) is 0 Å². The molecule has 0 saturated heterocycles. The van der Waals surface area contributed by atoms with Crippen molar-refractivity contribution >= 4 is 5.91 Å². The van der Waals surface area contributed by atoms with Crippen molar-refractivity contribution in [1.29, 1.82) is 5.26 Å². The van der Waals surface area contributed by atoms with Gasteiger partial charge >= 0.3 is 0 Å². The van der Waals surface area contributed by atoms with Crippen molar-refractivity contribution in [1.82, 2.24) is 4.90 Å². The molecule has 0 heterocycles. The van der Waals surface area contributed by atoms with Crippen LogP contribution in [0, 0.1) is 17.1 Å². The van der Waals surface area contributed by atoms with Gasteiger partial charge in [0.1, 0.15) is 17.6 Å². The molecule has 0 bridgehead atoms. The van der Waals surface area contributed by atoms with Gasteiger partial charge in [-0.25, -0.2) is 4.39 Å². The topological polar surface area (TPSA) is 53.3 Å². The van der Waals surface area contributed by atoms with Crippen LogP contribution in [0.1, 0.15) is 19.4 Å². The number of amides is 1. The molecular formula is C13H15FN2O2. The molecule has 0 spiro atoms. The van der Waals surface area contributed by atoms with Gasteiger partial charge in [0.25, 0.3) is 5.91 Å². The molecule has 0 N–H and O–H groups in total. The first-order valence-corrected chi connectivity index (χ1v) is 5.53. The number of hydrogen-bond donors (Lipinski definition) is 0. The van der Waals surface area contributed by atoms with E-state index in [0.29, 0.717) is 0 Å². The minimum absolute atomic E-state index is 0.0482. The maximum Gasteiger partial charge on any atom is 0.260 e. The number of rotatable bonds is 4. The number of benzene rings is 1. The molecule has 0 radical (unpaired) electrons. The monoisotopic (exact) mass is 250 g/mol. The fourth-order valence-electron chi connectivity index (χ4n) is 1.21. The fourth-order valence-corrected chi connectivity index (χ4v) is 1.21. The van der Waals surface area contributed by atoms with E-state index in [-0.39, 0.29) is 29.9 Å². The molecule has 4 nitrogen and oxygen atoms in total. The van der Waals surface area contributed by atoms with Gasteiger partial charge < -0.3 is 9.64 Å². The molecule has 0 fully saturated rings. The van der Waals surface area contributed by atoms with E-state index >= 15 is 0 Å². The molecule has 96 valence electrons. The molecular weight excluding hydrogens is 235 g/mol. The Balaban J connectivity index is 2.62. The average Bonchev–Trinajstić information content (AvgIpc) is 2.35. The summed E-state index contributed by atoms with van der Waals surface area (Å²) in [5, 5.41) is 8.57. The molecule has 0 atom stereocenters. The summed E-state index contributed by atoms with van der Waals surface area (Å²) >= 11 is 0. The van der Waals surface area contributed by atoms with Crippen LogP contribution in [0.25, 0.3) is 0 Å². The predicted molar refractivity (Wildman–Crippen MR) is 64.5 cm³/mol.